The molecule has 0 N–H and O–H groups in total. The second-order valence-corrected chi connectivity index (χ2v) is 5.90. The summed E-state index contributed by atoms with van der Waals surface area (Å²) in [6, 6.07) is 8.02. The zero-order valence-electron chi connectivity index (χ0n) is 14.1. The summed E-state index contributed by atoms with van der Waals surface area (Å²) in [6.45, 7) is 4.44. The molecule has 0 spiro atoms. The van der Waals surface area contributed by atoms with Crippen molar-refractivity contribution in [3.63, 3.8) is 0 Å². The molecule has 1 aliphatic rings. The van der Waals surface area contributed by atoms with Crippen LogP contribution in [0.2, 0.25) is 0 Å². The molecule has 0 atom stereocenters. The van der Waals surface area contributed by atoms with Gasteiger partial charge in [0.05, 0.1) is 6.54 Å². The van der Waals surface area contributed by atoms with Gasteiger partial charge in [0.1, 0.15) is 12.4 Å². The zero-order chi connectivity index (χ0) is 16.7. The molecule has 0 bridgehead atoms. The van der Waals surface area contributed by atoms with Gasteiger partial charge in [-0.05, 0) is 30.5 Å². The highest BCUT2D eigenvalue weighted by Crippen LogP contribution is 2.13. The molecule has 1 aromatic carbocycles. The Kier molecular flexibility index (Phi) is 6.44. The maximum absolute atomic E-state index is 12.1. The van der Waals surface area contributed by atoms with Crippen molar-refractivity contribution in [1.82, 2.24) is 9.80 Å². The molecule has 5 heteroatoms. The van der Waals surface area contributed by atoms with Crippen LogP contribution in [-0.4, -0.2) is 54.9 Å². The highest BCUT2D eigenvalue weighted by atomic mass is 16.5. The van der Waals surface area contributed by atoms with Gasteiger partial charge in [0, 0.05) is 33.0 Å². The molecule has 0 aliphatic carbocycles. The lowest BCUT2D eigenvalue weighted by molar-refractivity contribution is -0.132. The summed E-state index contributed by atoms with van der Waals surface area (Å²) in [5.41, 5.74) is 1.28. The van der Waals surface area contributed by atoms with Crippen LogP contribution in [0.15, 0.2) is 24.3 Å². The van der Waals surface area contributed by atoms with Crippen molar-refractivity contribution >= 4 is 11.8 Å². The molecule has 2 rings (SSSR count). The number of aryl methyl sites for hydroxylation is 1. The fourth-order valence-electron chi connectivity index (χ4n) is 2.61. The van der Waals surface area contributed by atoms with Crippen LogP contribution in [0.5, 0.6) is 5.75 Å². The smallest absolute Gasteiger partial charge is 0.224 e. The Morgan fingerprint density at radius 2 is 2.04 bits per heavy atom. The topological polar surface area (TPSA) is 49.9 Å². The SMILES string of the molecule is CCc1ccc(OCCN(C)C(=O)CCN2CCCC2=O)cc1. The molecule has 1 heterocycles. The molecule has 1 aliphatic heterocycles. The summed E-state index contributed by atoms with van der Waals surface area (Å²) in [5, 5.41) is 0. The number of benzene rings is 1. The van der Waals surface area contributed by atoms with Crippen molar-refractivity contribution in [2.75, 3.05) is 33.3 Å². The maximum atomic E-state index is 12.1. The molecule has 23 heavy (non-hydrogen) atoms. The van der Waals surface area contributed by atoms with Crippen molar-refractivity contribution in [3.8, 4) is 5.75 Å². The summed E-state index contributed by atoms with van der Waals surface area (Å²) in [7, 11) is 1.78. The van der Waals surface area contributed by atoms with Crippen LogP contribution in [0.4, 0.5) is 0 Å². The van der Waals surface area contributed by atoms with E-state index in [9.17, 15) is 9.59 Å². The molecule has 5 nitrogen and oxygen atoms in total. The summed E-state index contributed by atoms with van der Waals surface area (Å²) in [6.07, 6.45) is 2.92. The van der Waals surface area contributed by atoms with E-state index in [1.807, 2.05) is 12.1 Å². The van der Waals surface area contributed by atoms with Gasteiger partial charge in [0.25, 0.3) is 0 Å². The van der Waals surface area contributed by atoms with E-state index < -0.39 is 0 Å². The third-order valence-corrected chi connectivity index (χ3v) is 4.22. The van der Waals surface area contributed by atoms with Crippen LogP contribution in [0.1, 0.15) is 31.7 Å². The highest BCUT2D eigenvalue weighted by Gasteiger charge is 2.21. The van der Waals surface area contributed by atoms with E-state index in [4.69, 9.17) is 4.74 Å². The summed E-state index contributed by atoms with van der Waals surface area (Å²) >= 11 is 0. The third-order valence-electron chi connectivity index (χ3n) is 4.22. The Bertz CT molecular complexity index is 528. The molecule has 0 aromatic heterocycles. The normalized spacial score (nSPS) is 14.2. The predicted molar refractivity (Wildman–Crippen MR) is 89.4 cm³/mol. The Balaban J connectivity index is 1.65. The lowest BCUT2D eigenvalue weighted by Crippen LogP contribution is -2.34. The zero-order valence-corrected chi connectivity index (χ0v) is 14.1. The Labute approximate surface area is 138 Å². The van der Waals surface area contributed by atoms with Crippen LogP contribution in [0.3, 0.4) is 0 Å². The first-order valence-corrected chi connectivity index (χ1v) is 8.33. The van der Waals surface area contributed by atoms with E-state index in [1.54, 1.807) is 16.8 Å². The lowest BCUT2D eigenvalue weighted by Gasteiger charge is -2.20. The van der Waals surface area contributed by atoms with Crippen LogP contribution >= 0.6 is 0 Å². The number of carbonyl (C=O) groups excluding carboxylic acids is 2. The monoisotopic (exact) mass is 318 g/mol. The average Bonchev–Trinajstić information content (AvgIpc) is 2.98. The summed E-state index contributed by atoms with van der Waals surface area (Å²) < 4.78 is 5.66. The van der Waals surface area contributed by atoms with E-state index in [1.165, 1.54) is 5.56 Å². The molecule has 1 aromatic rings. The Morgan fingerprint density at radius 3 is 2.65 bits per heavy atom. The minimum atomic E-state index is 0.0506. The molecular formula is C18H26N2O3. The van der Waals surface area contributed by atoms with Crippen LogP contribution in [-0.2, 0) is 16.0 Å². The van der Waals surface area contributed by atoms with Gasteiger partial charge in [-0.3, -0.25) is 9.59 Å². The van der Waals surface area contributed by atoms with E-state index in [0.29, 0.717) is 32.5 Å². The van der Waals surface area contributed by atoms with Gasteiger partial charge in [-0.25, -0.2) is 0 Å². The summed E-state index contributed by atoms with van der Waals surface area (Å²) in [5.74, 6) is 1.04. The van der Waals surface area contributed by atoms with Gasteiger partial charge in [0.15, 0.2) is 0 Å². The number of ether oxygens (including phenoxy) is 1. The minimum absolute atomic E-state index is 0.0506. The average molecular weight is 318 g/mol. The molecule has 2 amide bonds. The van der Waals surface area contributed by atoms with E-state index in [0.717, 1.165) is 25.1 Å². The molecule has 1 saturated heterocycles. The number of carbonyl (C=O) groups is 2. The first-order chi connectivity index (χ1) is 11.1. The first kappa shape index (κ1) is 17.3. The van der Waals surface area contributed by atoms with Gasteiger partial charge in [-0.2, -0.15) is 0 Å². The predicted octanol–water partition coefficient (Wildman–Crippen LogP) is 2.10. The largest absolute Gasteiger partial charge is 0.492 e. The van der Waals surface area contributed by atoms with Crippen molar-refractivity contribution in [2.24, 2.45) is 0 Å². The Morgan fingerprint density at radius 1 is 1.30 bits per heavy atom. The quantitative estimate of drug-likeness (QED) is 0.737. The van der Waals surface area contributed by atoms with Crippen molar-refractivity contribution < 1.29 is 14.3 Å². The van der Waals surface area contributed by atoms with Gasteiger partial charge in [-0.15, -0.1) is 0 Å². The molecule has 126 valence electrons. The number of rotatable bonds is 8. The Hall–Kier alpha value is -2.04. The van der Waals surface area contributed by atoms with Gasteiger partial charge >= 0.3 is 0 Å². The van der Waals surface area contributed by atoms with Gasteiger partial charge < -0.3 is 14.5 Å². The van der Waals surface area contributed by atoms with Crippen molar-refractivity contribution in [2.45, 2.75) is 32.6 Å². The standard InChI is InChI=1S/C18H26N2O3/c1-3-15-6-8-16(9-7-15)23-14-13-19(2)17(21)10-12-20-11-4-5-18(20)22/h6-9H,3-5,10-14H2,1-2H3. The molecule has 0 saturated carbocycles. The lowest BCUT2D eigenvalue weighted by atomic mass is 10.2. The van der Waals surface area contributed by atoms with E-state index in [-0.39, 0.29) is 11.8 Å². The van der Waals surface area contributed by atoms with Gasteiger partial charge in [-0.1, -0.05) is 19.1 Å². The van der Waals surface area contributed by atoms with Crippen molar-refractivity contribution in [1.29, 1.82) is 0 Å². The fourth-order valence-corrected chi connectivity index (χ4v) is 2.61. The van der Waals surface area contributed by atoms with Crippen molar-refractivity contribution in [3.05, 3.63) is 29.8 Å². The number of nitrogens with zero attached hydrogens (tertiary/aromatic N) is 2. The number of amides is 2. The number of hydrogen-bond donors (Lipinski definition) is 0. The third kappa shape index (κ3) is 5.27. The number of likely N-dealkylation sites (tertiary alicyclic amines) is 1. The van der Waals surface area contributed by atoms with Crippen LogP contribution in [0.25, 0.3) is 0 Å². The van der Waals surface area contributed by atoms with Crippen LogP contribution < -0.4 is 4.74 Å². The van der Waals surface area contributed by atoms with E-state index >= 15 is 0 Å². The molecule has 0 radical (unpaired) electrons. The number of likely N-dealkylation sites (N-methyl/N-ethyl adjacent to an activating group) is 1. The fraction of sp³-hybridized carbons (Fsp3) is 0.556. The molecule has 0 unspecified atom stereocenters. The first-order valence-electron chi connectivity index (χ1n) is 8.33. The van der Waals surface area contributed by atoms with Crippen LogP contribution in [0, 0.1) is 0 Å². The summed E-state index contributed by atoms with van der Waals surface area (Å²) in [4.78, 5) is 27.0. The van der Waals surface area contributed by atoms with E-state index in [2.05, 4.69) is 19.1 Å². The second-order valence-electron chi connectivity index (χ2n) is 5.90. The van der Waals surface area contributed by atoms with Gasteiger partial charge in [0.2, 0.25) is 11.8 Å². The molecule has 1 fully saturated rings. The highest BCUT2D eigenvalue weighted by molar-refractivity contribution is 5.80. The molecular weight excluding hydrogens is 292 g/mol. The maximum Gasteiger partial charge on any atom is 0.224 e. The second kappa shape index (κ2) is 8.56. The minimum Gasteiger partial charge on any atom is -0.492 e. The number of hydrogen-bond acceptors (Lipinski definition) is 3.